The number of morpholine rings is 1. The van der Waals surface area contributed by atoms with Gasteiger partial charge in [-0.1, -0.05) is 11.6 Å². The molecule has 1 saturated heterocycles. The third kappa shape index (κ3) is 3.18. The standard InChI is InChI=1S/C19H19ClN6O/c20-13-1-2-14-17(11-13)26(6-5-25-7-9-27-10-8-25)24-18(14)16-12-22-19-15(23-16)3-4-21-19/h1-4,11-12H,5-10H2,(H,21,22). The van der Waals surface area contributed by atoms with E-state index in [1.165, 1.54) is 0 Å². The lowest BCUT2D eigenvalue weighted by Gasteiger charge is -2.26. The molecule has 0 bridgehead atoms. The Morgan fingerprint density at radius 2 is 2.04 bits per heavy atom. The first-order chi connectivity index (χ1) is 13.3. The van der Waals surface area contributed by atoms with E-state index in [9.17, 15) is 0 Å². The first-order valence-corrected chi connectivity index (χ1v) is 9.42. The highest BCUT2D eigenvalue weighted by atomic mass is 35.5. The van der Waals surface area contributed by atoms with Crippen molar-refractivity contribution in [2.45, 2.75) is 6.54 Å². The van der Waals surface area contributed by atoms with E-state index in [2.05, 4.69) is 14.9 Å². The zero-order chi connectivity index (χ0) is 18.2. The van der Waals surface area contributed by atoms with Gasteiger partial charge in [-0.2, -0.15) is 5.10 Å². The molecule has 1 N–H and O–H groups in total. The van der Waals surface area contributed by atoms with Crippen LogP contribution in [-0.4, -0.2) is 62.5 Å². The van der Waals surface area contributed by atoms with Gasteiger partial charge < -0.3 is 9.72 Å². The first kappa shape index (κ1) is 16.7. The number of halogens is 1. The molecule has 0 amide bonds. The Balaban J connectivity index is 1.53. The Labute approximate surface area is 160 Å². The SMILES string of the molecule is Clc1ccc2c(-c3cnc4[nH]ccc4n3)nn(CCN3CCOCC3)c2c1. The molecule has 5 rings (SSSR count). The lowest BCUT2D eigenvalue weighted by atomic mass is 10.1. The Kier molecular flexibility index (Phi) is 4.27. The van der Waals surface area contributed by atoms with Crippen LogP contribution in [0.2, 0.25) is 5.02 Å². The number of ether oxygens (including phenoxy) is 1. The van der Waals surface area contributed by atoms with E-state index in [1.807, 2.05) is 35.1 Å². The fourth-order valence-electron chi connectivity index (χ4n) is 3.51. The molecule has 4 aromatic rings. The van der Waals surface area contributed by atoms with Crippen molar-refractivity contribution in [3.63, 3.8) is 0 Å². The van der Waals surface area contributed by atoms with Crippen LogP contribution in [-0.2, 0) is 11.3 Å². The number of aromatic amines is 1. The van der Waals surface area contributed by atoms with Crippen LogP contribution in [0.15, 0.2) is 36.7 Å². The normalized spacial score (nSPS) is 15.7. The molecule has 0 saturated carbocycles. The second-order valence-electron chi connectivity index (χ2n) is 6.65. The number of aromatic nitrogens is 5. The summed E-state index contributed by atoms with van der Waals surface area (Å²) in [4.78, 5) is 14.6. The van der Waals surface area contributed by atoms with Gasteiger partial charge in [0.25, 0.3) is 0 Å². The van der Waals surface area contributed by atoms with Crippen molar-refractivity contribution in [2.24, 2.45) is 0 Å². The van der Waals surface area contributed by atoms with Crippen LogP contribution in [0.1, 0.15) is 0 Å². The Bertz CT molecular complexity index is 1100. The summed E-state index contributed by atoms with van der Waals surface area (Å²) in [6.07, 6.45) is 3.61. The maximum atomic E-state index is 6.26. The molecule has 1 aliphatic rings. The van der Waals surface area contributed by atoms with Crippen LogP contribution in [0.5, 0.6) is 0 Å². The van der Waals surface area contributed by atoms with Crippen molar-refractivity contribution in [1.29, 1.82) is 0 Å². The molecule has 1 fully saturated rings. The number of nitrogens with one attached hydrogen (secondary N) is 1. The summed E-state index contributed by atoms with van der Waals surface area (Å²) in [6, 6.07) is 7.78. The third-order valence-electron chi connectivity index (χ3n) is 4.95. The van der Waals surface area contributed by atoms with E-state index in [-0.39, 0.29) is 0 Å². The largest absolute Gasteiger partial charge is 0.379 e. The van der Waals surface area contributed by atoms with E-state index >= 15 is 0 Å². The molecule has 27 heavy (non-hydrogen) atoms. The van der Waals surface area contributed by atoms with Crippen LogP contribution in [0.3, 0.4) is 0 Å². The van der Waals surface area contributed by atoms with Gasteiger partial charge in [0.15, 0.2) is 5.65 Å². The minimum atomic E-state index is 0.703. The summed E-state index contributed by atoms with van der Waals surface area (Å²) >= 11 is 6.26. The highest BCUT2D eigenvalue weighted by Crippen LogP contribution is 2.29. The monoisotopic (exact) mass is 382 g/mol. The van der Waals surface area contributed by atoms with Crippen molar-refractivity contribution in [1.82, 2.24) is 29.6 Å². The van der Waals surface area contributed by atoms with E-state index in [0.717, 1.165) is 72.8 Å². The van der Waals surface area contributed by atoms with Gasteiger partial charge in [-0.25, -0.2) is 9.97 Å². The molecule has 3 aromatic heterocycles. The summed E-state index contributed by atoms with van der Waals surface area (Å²) in [6.45, 7) is 5.22. The van der Waals surface area contributed by atoms with E-state index < -0.39 is 0 Å². The van der Waals surface area contributed by atoms with Crippen LogP contribution >= 0.6 is 11.6 Å². The van der Waals surface area contributed by atoms with Crippen LogP contribution in [0, 0.1) is 0 Å². The molecular formula is C19H19ClN6O. The van der Waals surface area contributed by atoms with Gasteiger partial charge in [-0.3, -0.25) is 9.58 Å². The summed E-state index contributed by atoms with van der Waals surface area (Å²) in [7, 11) is 0. The zero-order valence-corrected chi connectivity index (χ0v) is 15.5. The fraction of sp³-hybridized carbons (Fsp3) is 0.316. The molecule has 0 spiro atoms. The lowest BCUT2D eigenvalue weighted by molar-refractivity contribution is 0.0361. The van der Waals surface area contributed by atoms with Crippen molar-refractivity contribution < 1.29 is 4.74 Å². The van der Waals surface area contributed by atoms with Crippen molar-refractivity contribution >= 4 is 33.7 Å². The second-order valence-corrected chi connectivity index (χ2v) is 7.09. The highest BCUT2D eigenvalue weighted by molar-refractivity contribution is 6.31. The number of rotatable bonds is 4. The minimum Gasteiger partial charge on any atom is -0.379 e. The topological polar surface area (TPSA) is 71.9 Å². The summed E-state index contributed by atoms with van der Waals surface area (Å²) in [5.41, 5.74) is 4.22. The third-order valence-corrected chi connectivity index (χ3v) is 5.18. The summed E-state index contributed by atoms with van der Waals surface area (Å²) < 4.78 is 7.45. The number of benzene rings is 1. The first-order valence-electron chi connectivity index (χ1n) is 9.04. The van der Waals surface area contributed by atoms with Crippen molar-refractivity contribution in [3.05, 3.63) is 41.7 Å². The van der Waals surface area contributed by atoms with Crippen LogP contribution in [0.4, 0.5) is 0 Å². The number of nitrogens with zero attached hydrogens (tertiary/aromatic N) is 5. The average Bonchev–Trinajstić information content (AvgIpc) is 3.31. The number of hydrogen-bond donors (Lipinski definition) is 1. The highest BCUT2D eigenvalue weighted by Gasteiger charge is 2.16. The maximum Gasteiger partial charge on any atom is 0.156 e. The van der Waals surface area contributed by atoms with Gasteiger partial charge in [0, 0.05) is 36.2 Å². The van der Waals surface area contributed by atoms with Gasteiger partial charge in [-0.05, 0) is 24.3 Å². The Morgan fingerprint density at radius 3 is 2.93 bits per heavy atom. The zero-order valence-electron chi connectivity index (χ0n) is 14.7. The molecule has 1 aromatic carbocycles. The molecule has 0 unspecified atom stereocenters. The predicted octanol–water partition coefficient (Wildman–Crippen LogP) is 2.96. The molecule has 1 aliphatic heterocycles. The lowest BCUT2D eigenvalue weighted by Crippen LogP contribution is -2.38. The average molecular weight is 383 g/mol. The number of fused-ring (bicyclic) bond motifs is 2. The molecule has 8 heteroatoms. The number of hydrogen-bond acceptors (Lipinski definition) is 5. The molecule has 138 valence electrons. The Morgan fingerprint density at radius 1 is 1.15 bits per heavy atom. The van der Waals surface area contributed by atoms with E-state index in [4.69, 9.17) is 26.4 Å². The van der Waals surface area contributed by atoms with Gasteiger partial charge >= 0.3 is 0 Å². The van der Waals surface area contributed by atoms with E-state index in [0.29, 0.717) is 5.02 Å². The van der Waals surface area contributed by atoms with Gasteiger partial charge in [0.2, 0.25) is 0 Å². The molecule has 0 radical (unpaired) electrons. The quantitative estimate of drug-likeness (QED) is 0.587. The molecule has 0 atom stereocenters. The predicted molar refractivity (Wildman–Crippen MR) is 105 cm³/mol. The van der Waals surface area contributed by atoms with Gasteiger partial charge in [-0.15, -0.1) is 0 Å². The van der Waals surface area contributed by atoms with Crippen molar-refractivity contribution in [2.75, 3.05) is 32.8 Å². The second kappa shape index (κ2) is 6.92. The van der Waals surface area contributed by atoms with E-state index in [1.54, 1.807) is 6.20 Å². The fourth-order valence-corrected chi connectivity index (χ4v) is 3.68. The minimum absolute atomic E-state index is 0.703. The van der Waals surface area contributed by atoms with Gasteiger partial charge in [0.05, 0.1) is 31.5 Å². The number of H-pyrrole nitrogens is 1. The molecule has 0 aliphatic carbocycles. The smallest absolute Gasteiger partial charge is 0.156 e. The van der Waals surface area contributed by atoms with Crippen LogP contribution in [0.25, 0.3) is 33.5 Å². The molecular weight excluding hydrogens is 364 g/mol. The van der Waals surface area contributed by atoms with Crippen molar-refractivity contribution in [3.8, 4) is 11.4 Å². The van der Waals surface area contributed by atoms with Crippen LogP contribution < -0.4 is 0 Å². The van der Waals surface area contributed by atoms with Gasteiger partial charge in [0.1, 0.15) is 16.9 Å². The Hall–Kier alpha value is -2.48. The maximum absolute atomic E-state index is 6.26. The molecule has 4 heterocycles. The summed E-state index contributed by atoms with van der Waals surface area (Å²) in [5.74, 6) is 0. The molecule has 7 nitrogen and oxygen atoms in total. The summed E-state index contributed by atoms with van der Waals surface area (Å²) in [5, 5.41) is 6.60.